The van der Waals surface area contributed by atoms with Gasteiger partial charge in [-0.3, -0.25) is 9.59 Å². The molecule has 6 heteroatoms. The number of imide groups is 1. The van der Waals surface area contributed by atoms with Gasteiger partial charge in [-0.25, -0.2) is 4.90 Å². The quantitative estimate of drug-likeness (QED) is 0.567. The number of unbranched alkanes of at least 4 members (excludes halogenated alkanes) is 1. The third-order valence-corrected chi connectivity index (χ3v) is 3.94. The van der Waals surface area contributed by atoms with Crippen molar-refractivity contribution < 1.29 is 9.59 Å². The minimum absolute atomic E-state index is 0.186. The van der Waals surface area contributed by atoms with Crippen LogP contribution in [0.2, 0.25) is 0 Å². The number of thiocarbonyl (C=S) groups is 1. The lowest BCUT2D eigenvalue weighted by Gasteiger charge is -2.11. The van der Waals surface area contributed by atoms with Crippen LogP contribution in [0.5, 0.6) is 0 Å². The van der Waals surface area contributed by atoms with Crippen molar-refractivity contribution in [1.82, 2.24) is 4.90 Å². The molecule has 0 unspecified atom stereocenters. The molecule has 0 aromatic carbocycles. The summed E-state index contributed by atoms with van der Waals surface area (Å²) in [4.78, 5) is 23.9. The molecule has 1 rings (SSSR count). The first-order chi connectivity index (χ1) is 6.66. The molecule has 0 N–H and O–H groups in total. The molecule has 14 heavy (non-hydrogen) atoms. The zero-order chi connectivity index (χ0) is 10.6. The van der Waals surface area contributed by atoms with Gasteiger partial charge in [0, 0.05) is 5.75 Å². The fraction of sp³-hybridized carbons (Fsp3) is 0.625. The van der Waals surface area contributed by atoms with Crippen molar-refractivity contribution in [3.8, 4) is 0 Å². The number of hydrogen-bond acceptors (Lipinski definition) is 5. The highest BCUT2D eigenvalue weighted by Crippen LogP contribution is 2.23. The van der Waals surface area contributed by atoms with E-state index in [2.05, 4.69) is 6.92 Å². The van der Waals surface area contributed by atoms with E-state index < -0.39 is 0 Å². The number of carbonyl (C=O) groups is 2. The molecular weight excluding hydrogens is 238 g/mol. The zero-order valence-electron chi connectivity index (χ0n) is 7.82. The standard InChI is InChI=1S/C8H11NO2S3/c1-2-3-4-13-7(11)9-6(10)5-14-8(9)12/h2-5H2,1H3. The Balaban J connectivity index is 2.43. The number of carbonyl (C=O) groups excluding carboxylic acids is 2. The van der Waals surface area contributed by atoms with Crippen molar-refractivity contribution >= 4 is 51.2 Å². The lowest BCUT2D eigenvalue weighted by atomic mass is 10.4. The summed E-state index contributed by atoms with van der Waals surface area (Å²) in [6.07, 6.45) is 2.03. The SMILES string of the molecule is CCCCSC(=O)N1C(=O)CSC1=S. The van der Waals surface area contributed by atoms with Gasteiger partial charge < -0.3 is 0 Å². The van der Waals surface area contributed by atoms with Crippen LogP contribution in [0.3, 0.4) is 0 Å². The van der Waals surface area contributed by atoms with Crippen LogP contribution in [0.25, 0.3) is 0 Å². The molecule has 3 nitrogen and oxygen atoms in total. The molecule has 2 amide bonds. The van der Waals surface area contributed by atoms with Crippen molar-refractivity contribution in [3.63, 3.8) is 0 Å². The summed E-state index contributed by atoms with van der Waals surface area (Å²) in [5.41, 5.74) is 0. The van der Waals surface area contributed by atoms with Gasteiger partial charge in [-0.1, -0.05) is 49.1 Å². The van der Waals surface area contributed by atoms with E-state index >= 15 is 0 Å². The van der Waals surface area contributed by atoms with Crippen LogP contribution >= 0.6 is 35.7 Å². The van der Waals surface area contributed by atoms with Gasteiger partial charge in [-0.2, -0.15) is 0 Å². The van der Waals surface area contributed by atoms with Gasteiger partial charge in [0.1, 0.15) is 0 Å². The second-order valence-corrected chi connectivity index (χ2v) is 5.41. The number of nitrogens with zero attached hydrogens (tertiary/aromatic N) is 1. The van der Waals surface area contributed by atoms with Gasteiger partial charge in [0.2, 0.25) is 5.91 Å². The Kier molecular flexibility index (Phi) is 4.91. The van der Waals surface area contributed by atoms with Gasteiger partial charge in [-0.05, 0) is 6.42 Å². The van der Waals surface area contributed by atoms with Gasteiger partial charge in [-0.15, -0.1) is 0 Å². The van der Waals surface area contributed by atoms with Crippen molar-refractivity contribution in [1.29, 1.82) is 0 Å². The zero-order valence-corrected chi connectivity index (χ0v) is 10.3. The first kappa shape index (κ1) is 12.0. The van der Waals surface area contributed by atoms with Crippen LogP contribution in [-0.2, 0) is 4.79 Å². The molecule has 0 spiro atoms. The Bertz CT molecular complexity index is 251. The summed E-state index contributed by atoms with van der Waals surface area (Å²) < 4.78 is 0.393. The first-order valence-corrected chi connectivity index (χ1v) is 6.71. The molecule has 0 bridgehead atoms. The van der Waals surface area contributed by atoms with Crippen LogP contribution in [0.1, 0.15) is 19.8 Å². The van der Waals surface area contributed by atoms with E-state index in [0.29, 0.717) is 10.1 Å². The summed E-state index contributed by atoms with van der Waals surface area (Å²) in [6.45, 7) is 2.06. The highest BCUT2D eigenvalue weighted by Gasteiger charge is 2.32. The lowest BCUT2D eigenvalue weighted by molar-refractivity contribution is -0.121. The van der Waals surface area contributed by atoms with Crippen LogP contribution in [-0.4, -0.2) is 31.9 Å². The van der Waals surface area contributed by atoms with Crippen LogP contribution < -0.4 is 0 Å². The smallest absolute Gasteiger partial charge is 0.273 e. The predicted octanol–water partition coefficient (Wildman–Crippen LogP) is 2.50. The maximum atomic E-state index is 11.5. The molecule has 0 saturated carbocycles. The molecule has 1 heterocycles. The molecular formula is C8H11NO2S3. The van der Waals surface area contributed by atoms with Gasteiger partial charge in [0.15, 0.2) is 4.32 Å². The molecule has 1 aliphatic heterocycles. The van der Waals surface area contributed by atoms with E-state index in [-0.39, 0.29) is 11.1 Å². The van der Waals surface area contributed by atoms with Crippen molar-refractivity contribution in [2.75, 3.05) is 11.5 Å². The summed E-state index contributed by atoms with van der Waals surface area (Å²) in [5, 5.41) is -0.224. The minimum Gasteiger partial charge on any atom is -0.273 e. The summed E-state index contributed by atoms with van der Waals surface area (Å²) in [6, 6.07) is 0. The molecule has 1 saturated heterocycles. The predicted molar refractivity (Wildman–Crippen MR) is 64.7 cm³/mol. The van der Waals surface area contributed by atoms with Gasteiger partial charge in [0.25, 0.3) is 5.24 Å². The normalized spacial score (nSPS) is 16.5. The van der Waals surface area contributed by atoms with Gasteiger partial charge in [0.05, 0.1) is 5.75 Å². The van der Waals surface area contributed by atoms with Crippen molar-refractivity contribution in [3.05, 3.63) is 0 Å². The molecule has 0 aromatic rings. The third-order valence-electron chi connectivity index (χ3n) is 1.66. The summed E-state index contributed by atoms with van der Waals surface area (Å²) >= 11 is 7.33. The second kappa shape index (κ2) is 5.72. The maximum absolute atomic E-state index is 11.5. The highest BCUT2D eigenvalue weighted by molar-refractivity contribution is 8.24. The van der Waals surface area contributed by atoms with E-state index in [1.165, 1.54) is 23.5 Å². The van der Waals surface area contributed by atoms with E-state index in [1.807, 2.05) is 0 Å². The average molecular weight is 249 g/mol. The summed E-state index contributed by atoms with van der Waals surface area (Å²) in [5.74, 6) is 0.875. The third kappa shape index (κ3) is 2.96. The monoisotopic (exact) mass is 249 g/mol. The van der Waals surface area contributed by atoms with Crippen LogP contribution in [0.15, 0.2) is 0 Å². The molecule has 0 atom stereocenters. The van der Waals surface area contributed by atoms with Crippen LogP contribution in [0.4, 0.5) is 4.79 Å². The lowest BCUT2D eigenvalue weighted by Crippen LogP contribution is -2.32. The van der Waals surface area contributed by atoms with Crippen molar-refractivity contribution in [2.24, 2.45) is 0 Å². The topological polar surface area (TPSA) is 37.4 Å². The second-order valence-electron chi connectivity index (χ2n) is 2.75. The van der Waals surface area contributed by atoms with Crippen LogP contribution in [0, 0.1) is 0 Å². The Morgan fingerprint density at radius 3 is 2.93 bits per heavy atom. The maximum Gasteiger partial charge on any atom is 0.293 e. The molecule has 1 aliphatic rings. The number of hydrogen-bond donors (Lipinski definition) is 0. The summed E-state index contributed by atoms with van der Waals surface area (Å²) in [7, 11) is 0. The highest BCUT2D eigenvalue weighted by atomic mass is 32.2. The first-order valence-electron chi connectivity index (χ1n) is 4.33. The largest absolute Gasteiger partial charge is 0.293 e. The fourth-order valence-electron chi connectivity index (χ4n) is 0.899. The molecule has 0 radical (unpaired) electrons. The fourth-order valence-corrected chi connectivity index (χ4v) is 3.00. The molecule has 0 aliphatic carbocycles. The number of thioether (sulfide) groups is 2. The Hall–Kier alpha value is -0.0700. The van der Waals surface area contributed by atoms with Crippen molar-refractivity contribution in [2.45, 2.75) is 19.8 Å². The Morgan fingerprint density at radius 2 is 2.43 bits per heavy atom. The van der Waals surface area contributed by atoms with E-state index in [4.69, 9.17) is 12.2 Å². The van der Waals surface area contributed by atoms with Gasteiger partial charge >= 0.3 is 0 Å². The molecule has 1 fully saturated rings. The Labute approximate surface area is 97.0 Å². The molecule has 0 aromatic heterocycles. The molecule has 78 valence electrons. The van der Waals surface area contributed by atoms with E-state index in [9.17, 15) is 9.59 Å². The van der Waals surface area contributed by atoms with E-state index in [1.54, 1.807) is 0 Å². The Morgan fingerprint density at radius 1 is 1.71 bits per heavy atom. The van der Waals surface area contributed by atoms with E-state index in [0.717, 1.165) is 23.5 Å². The minimum atomic E-state index is -0.224. The number of rotatable bonds is 3. The average Bonchev–Trinajstić information content (AvgIpc) is 2.46. The number of amides is 2.